The van der Waals surface area contributed by atoms with Gasteiger partial charge in [-0.2, -0.15) is 0 Å². The van der Waals surface area contributed by atoms with Crippen molar-refractivity contribution < 1.29 is 0 Å². The lowest BCUT2D eigenvalue weighted by Crippen LogP contribution is -2.22. The van der Waals surface area contributed by atoms with Crippen LogP contribution in [0.1, 0.15) is 11.1 Å². The van der Waals surface area contributed by atoms with Crippen LogP contribution in [0, 0.1) is 6.92 Å². The van der Waals surface area contributed by atoms with Crippen LogP contribution in [0.5, 0.6) is 0 Å². The zero-order valence-electron chi connectivity index (χ0n) is 9.55. The van der Waals surface area contributed by atoms with Crippen molar-refractivity contribution in [3.63, 3.8) is 0 Å². The first-order valence-corrected chi connectivity index (χ1v) is 6.14. The first-order chi connectivity index (χ1) is 8.25. The Labute approximate surface area is 104 Å². The van der Waals surface area contributed by atoms with Crippen LogP contribution in [0.2, 0.25) is 0 Å². The van der Waals surface area contributed by atoms with Crippen LogP contribution in [0.15, 0.2) is 40.8 Å². The van der Waals surface area contributed by atoms with Crippen LogP contribution in [0.25, 0.3) is 0 Å². The van der Waals surface area contributed by atoms with E-state index in [4.69, 9.17) is 5.73 Å². The van der Waals surface area contributed by atoms with E-state index in [1.165, 1.54) is 22.5 Å². The number of aromatic nitrogens is 1. The van der Waals surface area contributed by atoms with Gasteiger partial charge in [0.1, 0.15) is 0 Å². The summed E-state index contributed by atoms with van der Waals surface area (Å²) in [6, 6.07) is 8.13. The van der Waals surface area contributed by atoms with Crippen molar-refractivity contribution in [1.82, 2.24) is 4.98 Å². The summed E-state index contributed by atoms with van der Waals surface area (Å²) in [6.45, 7) is 2.65. The molecular formula is C12H14N4S. The molecule has 2 rings (SSSR count). The van der Waals surface area contributed by atoms with Crippen LogP contribution in [-0.2, 0) is 6.54 Å². The molecule has 17 heavy (non-hydrogen) atoms. The number of hydrogen-bond acceptors (Lipinski definition) is 3. The van der Waals surface area contributed by atoms with Crippen LogP contribution in [0.4, 0.5) is 5.13 Å². The highest BCUT2D eigenvalue weighted by molar-refractivity contribution is 7.13. The molecule has 0 aliphatic carbocycles. The van der Waals surface area contributed by atoms with Gasteiger partial charge in [-0.3, -0.25) is 0 Å². The van der Waals surface area contributed by atoms with E-state index in [0.29, 0.717) is 12.5 Å². The maximum absolute atomic E-state index is 5.77. The lowest BCUT2D eigenvalue weighted by molar-refractivity contribution is 1.04. The smallest absolute Gasteiger partial charge is 0.195 e. The summed E-state index contributed by atoms with van der Waals surface area (Å²) in [5.41, 5.74) is 8.17. The van der Waals surface area contributed by atoms with E-state index in [0.717, 1.165) is 5.13 Å². The second-order valence-corrected chi connectivity index (χ2v) is 4.48. The molecular weight excluding hydrogens is 232 g/mol. The number of guanidine groups is 1. The van der Waals surface area contributed by atoms with Crippen LogP contribution < -0.4 is 11.1 Å². The number of thiazole rings is 1. The van der Waals surface area contributed by atoms with Gasteiger partial charge >= 0.3 is 0 Å². The number of aliphatic imine (C=N–C) groups is 1. The number of hydrogen-bond donors (Lipinski definition) is 2. The topological polar surface area (TPSA) is 63.3 Å². The first-order valence-electron chi connectivity index (χ1n) is 5.26. The van der Waals surface area contributed by atoms with Gasteiger partial charge in [0.2, 0.25) is 0 Å². The molecule has 0 spiro atoms. The van der Waals surface area contributed by atoms with Gasteiger partial charge in [-0.05, 0) is 18.1 Å². The molecule has 0 bridgehead atoms. The van der Waals surface area contributed by atoms with Crippen molar-refractivity contribution >= 4 is 22.4 Å². The largest absolute Gasteiger partial charge is 0.370 e. The standard InChI is InChI=1S/C12H14N4S/c1-9-4-2-3-5-10(9)8-15-11(13)16-12-14-6-7-17-12/h2-7H,8H2,1H3,(H3,13,14,15,16). The monoisotopic (exact) mass is 246 g/mol. The predicted molar refractivity (Wildman–Crippen MR) is 72.2 cm³/mol. The lowest BCUT2D eigenvalue weighted by atomic mass is 10.1. The molecule has 0 radical (unpaired) electrons. The number of anilines is 1. The minimum absolute atomic E-state index is 0.392. The van der Waals surface area contributed by atoms with Gasteiger partial charge in [0, 0.05) is 11.6 Å². The average Bonchev–Trinajstić information content (AvgIpc) is 2.81. The summed E-state index contributed by atoms with van der Waals surface area (Å²) in [5, 5.41) is 5.59. The van der Waals surface area contributed by atoms with Crippen molar-refractivity contribution in [2.75, 3.05) is 5.32 Å². The number of benzene rings is 1. The van der Waals surface area contributed by atoms with Crippen LogP contribution >= 0.6 is 11.3 Å². The summed E-state index contributed by atoms with van der Waals surface area (Å²) >= 11 is 1.49. The highest BCUT2D eigenvalue weighted by Gasteiger charge is 1.98. The van der Waals surface area contributed by atoms with Crippen molar-refractivity contribution in [1.29, 1.82) is 0 Å². The van der Waals surface area contributed by atoms with Gasteiger partial charge in [0.05, 0.1) is 6.54 Å². The zero-order valence-corrected chi connectivity index (χ0v) is 10.4. The molecule has 3 N–H and O–H groups in total. The van der Waals surface area contributed by atoms with E-state index in [2.05, 4.69) is 34.3 Å². The minimum Gasteiger partial charge on any atom is -0.370 e. The number of nitrogens with two attached hydrogens (primary N) is 1. The van der Waals surface area contributed by atoms with Gasteiger partial charge in [-0.25, -0.2) is 9.98 Å². The van der Waals surface area contributed by atoms with Crippen molar-refractivity contribution in [2.24, 2.45) is 10.7 Å². The fourth-order valence-corrected chi connectivity index (χ4v) is 1.93. The molecule has 0 unspecified atom stereocenters. The summed E-state index contributed by atoms with van der Waals surface area (Å²) in [6.07, 6.45) is 1.72. The van der Waals surface area contributed by atoms with E-state index >= 15 is 0 Å². The fraction of sp³-hybridized carbons (Fsp3) is 0.167. The first kappa shape index (κ1) is 11.6. The Bertz CT molecular complexity index is 505. The molecule has 4 nitrogen and oxygen atoms in total. The minimum atomic E-state index is 0.392. The van der Waals surface area contributed by atoms with E-state index in [1.54, 1.807) is 6.20 Å². The maximum atomic E-state index is 5.77. The zero-order chi connectivity index (χ0) is 12.1. The van der Waals surface area contributed by atoms with E-state index < -0.39 is 0 Å². The third kappa shape index (κ3) is 3.29. The summed E-state index contributed by atoms with van der Waals surface area (Å²) in [5.74, 6) is 0.392. The highest BCUT2D eigenvalue weighted by atomic mass is 32.1. The van der Waals surface area contributed by atoms with E-state index in [9.17, 15) is 0 Å². The quantitative estimate of drug-likeness (QED) is 0.645. The molecule has 0 fully saturated rings. The molecule has 0 aliphatic rings. The average molecular weight is 246 g/mol. The molecule has 5 heteroatoms. The second-order valence-electron chi connectivity index (χ2n) is 3.59. The van der Waals surface area contributed by atoms with Crippen molar-refractivity contribution in [3.05, 3.63) is 47.0 Å². The Hall–Kier alpha value is -1.88. The van der Waals surface area contributed by atoms with Gasteiger partial charge < -0.3 is 11.1 Å². The van der Waals surface area contributed by atoms with Gasteiger partial charge in [-0.1, -0.05) is 24.3 Å². The summed E-state index contributed by atoms with van der Waals surface area (Å²) in [4.78, 5) is 8.36. The Morgan fingerprint density at radius 1 is 1.47 bits per heavy atom. The summed E-state index contributed by atoms with van der Waals surface area (Å²) < 4.78 is 0. The highest BCUT2D eigenvalue weighted by Crippen LogP contribution is 2.10. The predicted octanol–water partition coefficient (Wildman–Crippen LogP) is 2.38. The summed E-state index contributed by atoms with van der Waals surface area (Å²) in [7, 11) is 0. The molecule has 0 saturated carbocycles. The van der Waals surface area contributed by atoms with Crippen LogP contribution in [0.3, 0.4) is 0 Å². The Balaban J connectivity index is 1.99. The number of rotatable bonds is 3. The van der Waals surface area contributed by atoms with Crippen molar-refractivity contribution in [2.45, 2.75) is 13.5 Å². The van der Waals surface area contributed by atoms with Crippen LogP contribution in [-0.4, -0.2) is 10.9 Å². The lowest BCUT2D eigenvalue weighted by Gasteiger charge is -2.04. The fourth-order valence-electron chi connectivity index (χ4n) is 1.39. The molecule has 1 aromatic carbocycles. The van der Waals surface area contributed by atoms with E-state index in [1.807, 2.05) is 17.5 Å². The molecule has 0 aliphatic heterocycles. The maximum Gasteiger partial charge on any atom is 0.195 e. The molecule has 0 atom stereocenters. The molecule has 0 amide bonds. The third-order valence-electron chi connectivity index (χ3n) is 2.35. The Kier molecular flexibility index (Phi) is 3.72. The molecule has 0 saturated heterocycles. The number of aryl methyl sites for hydroxylation is 1. The number of nitrogens with one attached hydrogen (secondary N) is 1. The van der Waals surface area contributed by atoms with E-state index in [-0.39, 0.29) is 0 Å². The normalized spacial score (nSPS) is 11.5. The Morgan fingerprint density at radius 2 is 2.29 bits per heavy atom. The van der Waals surface area contributed by atoms with Gasteiger partial charge in [-0.15, -0.1) is 11.3 Å². The third-order valence-corrected chi connectivity index (χ3v) is 3.04. The number of nitrogens with zero attached hydrogens (tertiary/aromatic N) is 2. The Morgan fingerprint density at radius 3 is 3.00 bits per heavy atom. The molecule has 1 aromatic heterocycles. The SMILES string of the molecule is Cc1ccccc1CN=C(N)Nc1nccs1. The van der Waals surface area contributed by atoms with Gasteiger partial charge in [0.15, 0.2) is 11.1 Å². The molecule has 2 aromatic rings. The van der Waals surface area contributed by atoms with Crippen molar-refractivity contribution in [3.8, 4) is 0 Å². The second kappa shape index (κ2) is 5.45. The molecule has 1 heterocycles. The molecule has 88 valence electrons. The van der Waals surface area contributed by atoms with Gasteiger partial charge in [0.25, 0.3) is 0 Å².